The molecule has 1 fully saturated rings. The Morgan fingerprint density at radius 1 is 1.00 bits per heavy atom. The number of hydrogen-bond donors (Lipinski definition) is 3. The molecule has 1 saturated heterocycles. The first-order chi connectivity index (χ1) is 16.7. The van der Waals surface area contributed by atoms with Crippen LogP contribution in [0.2, 0.25) is 0 Å². The second-order valence-corrected chi connectivity index (χ2v) is 8.70. The molecule has 2 heterocycles. The summed E-state index contributed by atoms with van der Waals surface area (Å²) in [5.41, 5.74) is 9.77. The highest BCUT2D eigenvalue weighted by Gasteiger charge is 2.25. The zero-order chi connectivity index (χ0) is 25.4. The zero-order valence-electron chi connectivity index (χ0n) is 19.9. The average molecular weight is 485 g/mol. The maximum absolute atomic E-state index is 12.6. The van der Waals surface area contributed by atoms with Crippen molar-refractivity contribution in [2.75, 3.05) is 26.2 Å². The Hall–Kier alpha value is -3.89. The number of benzene rings is 1. The minimum Gasteiger partial charge on any atom is -0.368 e. The monoisotopic (exact) mass is 484 g/mol. The number of urea groups is 1. The summed E-state index contributed by atoms with van der Waals surface area (Å²) in [6, 6.07) is 6.51. The van der Waals surface area contributed by atoms with Crippen LogP contribution in [0.3, 0.4) is 0 Å². The van der Waals surface area contributed by atoms with Crippen LogP contribution in [0.15, 0.2) is 36.4 Å². The number of carbonyl (C=O) groups excluding carboxylic acids is 5. The van der Waals surface area contributed by atoms with Crippen LogP contribution in [0.1, 0.15) is 37.3 Å². The summed E-state index contributed by atoms with van der Waals surface area (Å²) in [5, 5.41) is 3.32. The van der Waals surface area contributed by atoms with E-state index in [4.69, 9.17) is 5.73 Å². The molecular formula is C24H32N6O5. The van der Waals surface area contributed by atoms with Gasteiger partial charge in [-0.05, 0) is 43.7 Å². The minimum atomic E-state index is -0.966. The summed E-state index contributed by atoms with van der Waals surface area (Å²) in [7, 11) is 0. The molecule has 6 amide bonds. The molecule has 11 heteroatoms. The largest absolute Gasteiger partial charge is 0.368 e. The van der Waals surface area contributed by atoms with E-state index in [2.05, 4.69) is 10.7 Å². The number of hydrogen-bond acceptors (Lipinski definition) is 5. The fourth-order valence-electron chi connectivity index (χ4n) is 4.02. The zero-order valence-corrected chi connectivity index (χ0v) is 19.9. The topological polar surface area (TPSA) is 145 Å². The van der Waals surface area contributed by atoms with Crippen LogP contribution in [0.25, 0.3) is 0 Å². The summed E-state index contributed by atoms with van der Waals surface area (Å²) < 4.78 is 0. The van der Waals surface area contributed by atoms with Crippen molar-refractivity contribution in [3.8, 4) is 0 Å². The van der Waals surface area contributed by atoms with E-state index in [1.807, 2.05) is 24.3 Å². The molecule has 0 saturated carbocycles. The molecule has 2 aliphatic rings. The molecular weight excluding hydrogens is 452 g/mol. The third kappa shape index (κ3) is 7.29. The van der Waals surface area contributed by atoms with E-state index in [-0.39, 0.29) is 11.9 Å². The molecule has 4 N–H and O–H groups in total. The SMILES string of the molecule is C[C@H](NC(=O)N1CCCCC1)C(=O)NN(CC(N)=O)C(=O)/C=C/C(=O)N1CCc2ccccc2C1. The molecule has 0 aromatic heterocycles. The van der Waals surface area contributed by atoms with E-state index in [0.717, 1.165) is 42.0 Å². The number of nitrogens with one attached hydrogen (secondary N) is 2. The summed E-state index contributed by atoms with van der Waals surface area (Å²) >= 11 is 0. The van der Waals surface area contributed by atoms with Gasteiger partial charge in [-0.2, -0.15) is 0 Å². The third-order valence-corrected chi connectivity index (χ3v) is 6.01. The Bertz CT molecular complexity index is 1000. The lowest BCUT2D eigenvalue weighted by Gasteiger charge is -2.29. The van der Waals surface area contributed by atoms with Crippen LogP contribution < -0.4 is 16.5 Å². The van der Waals surface area contributed by atoms with Crippen LogP contribution in [-0.4, -0.2) is 76.7 Å². The smallest absolute Gasteiger partial charge is 0.318 e. The van der Waals surface area contributed by atoms with Crippen molar-refractivity contribution in [1.29, 1.82) is 0 Å². The molecule has 35 heavy (non-hydrogen) atoms. The number of primary amides is 1. The Morgan fingerprint density at radius 2 is 1.69 bits per heavy atom. The maximum Gasteiger partial charge on any atom is 0.318 e. The summed E-state index contributed by atoms with van der Waals surface area (Å²) in [6.45, 7) is 3.07. The van der Waals surface area contributed by atoms with Gasteiger partial charge < -0.3 is 20.9 Å². The highest BCUT2D eigenvalue weighted by atomic mass is 16.2. The Labute approximate surface area is 204 Å². The summed E-state index contributed by atoms with van der Waals surface area (Å²) in [6.07, 6.45) is 5.69. The van der Waals surface area contributed by atoms with Gasteiger partial charge in [-0.25, -0.2) is 9.80 Å². The molecule has 2 aliphatic heterocycles. The lowest BCUT2D eigenvalue weighted by atomic mass is 10.00. The quantitative estimate of drug-likeness (QED) is 0.386. The molecule has 11 nitrogen and oxygen atoms in total. The van der Waals surface area contributed by atoms with Gasteiger partial charge in [0.25, 0.3) is 11.8 Å². The first-order valence-corrected chi connectivity index (χ1v) is 11.7. The number of fused-ring (bicyclic) bond motifs is 1. The van der Waals surface area contributed by atoms with Crippen molar-refractivity contribution in [3.05, 3.63) is 47.5 Å². The molecule has 0 unspecified atom stereocenters. The van der Waals surface area contributed by atoms with Gasteiger partial charge in [0.05, 0.1) is 0 Å². The number of likely N-dealkylation sites (tertiary alicyclic amines) is 1. The second-order valence-electron chi connectivity index (χ2n) is 8.70. The van der Waals surface area contributed by atoms with Gasteiger partial charge in [0, 0.05) is 38.3 Å². The predicted molar refractivity (Wildman–Crippen MR) is 127 cm³/mol. The summed E-state index contributed by atoms with van der Waals surface area (Å²) in [4.78, 5) is 64.8. The van der Waals surface area contributed by atoms with Crippen molar-refractivity contribution in [1.82, 2.24) is 25.6 Å². The predicted octanol–water partition coefficient (Wildman–Crippen LogP) is 0.0566. The van der Waals surface area contributed by atoms with E-state index in [0.29, 0.717) is 32.6 Å². The Kier molecular flexibility index (Phi) is 8.82. The number of piperidine rings is 1. The Morgan fingerprint density at radius 3 is 2.37 bits per heavy atom. The van der Waals surface area contributed by atoms with Crippen molar-refractivity contribution < 1.29 is 24.0 Å². The van der Waals surface area contributed by atoms with Crippen LogP contribution in [0.5, 0.6) is 0 Å². The van der Waals surface area contributed by atoms with E-state index in [1.165, 1.54) is 12.5 Å². The normalized spacial score (nSPS) is 16.3. The van der Waals surface area contributed by atoms with E-state index >= 15 is 0 Å². The molecule has 1 aromatic rings. The average Bonchev–Trinajstić information content (AvgIpc) is 2.86. The fraction of sp³-hybridized carbons (Fsp3) is 0.458. The molecule has 188 valence electrons. The first kappa shape index (κ1) is 25.7. The number of rotatable bonds is 6. The number of carbonyl (C=O) groups is 5. The molecule has 0 spiro atoms. The highest BCUT2D eigenvalue weighted by Crippen LogP contribution is 2.18. The molecule has 0 radical (unpaired) electrons. The fourth-order valence-corrected chi connectivity index (χ4v) is 4.02. The maximum atomic E-state index is 12.6. The lowest BCUT2D eigenvalue weighted by molar-refractivity contribution is -0.141. The van der Waals surface area contributed by atoms with Crippen LogP contribution in [-0.2, 0) is 32.1 Å². The number of hydrazine groups is 1. The van der Waals surface area contributed by atoms with Crippen molar-refractivity contribution in [2.45, 2.75) is 45.2 Å². The number of nitrogens with two attached hydrogens (primary N) is 1. The molecule has 0 bridgehead atoms. The number of amides is 6. The first-order valence-electron chi connectivity index (χ1n) is 11.7. The van der Waals surface area contributed by atoms with Crippen LogP contribution in [0.4, 0.5) is 4.79 Å². The van der Waals surface area contributed by atoms with Gasteiger partial charge in [-0.1, -0.05) is 24.3 Å². The van der Waals surface area contributed by atoms with Gasteiger partial charge >= 0.3 is 6.03 Å². The Balaban J connectivity index is 1.56. The van der Waals surface area contributed by atoms with Gasteiger partial charge in [0.15, 0.2) is 0 Å². The van der Waals surface area contributed by atoms with Gasteiger partial charge in [0.2, 0.25) is 11.8 Å². The molecule has 1 atom stereocenters. The van der Waals surface area contributed by atoms with E-state index < -0.39 is 30.3 Å². The van der Waals surface area contributed by atoms with Gasteiger partial charge in [-0.3, -0.25) is 24.6 Å². The van der Waals surface area contributed by atoms with E-state index in [1.54, 1.807) is 9.80 Å². The lowest BCUT2D eigenvalue weighted by Crippen LogP contribution is -2.56. The molecule has 3 rings (SSSR count). The van der Waals surface area contributed by atoms with Gasteiger partial charge in [-0.15, -0.1) is 0 Å². The van der Waals surface area contributed by atoms with Crippen molar-refractivity contribution in [2.24, 2.45) is 5.73 Å². The second kappa shape index (κ2) is 12.0. The highest BCUT2D eigenvalue weighted by molar-refractivity contribution is 5.99. The van der Waals surface area contributed by atoms with Gasteiger partial charge in [0.1, 0.15) is 12.6 Å². The van der Waals surface area contributed by atoms with Crippen molar-refractivity contribution in [3.63, 3.8) is 0 Å². The summed E-state index contributed by atoms with van der Waals surface area (Å²) in [5.74, 6) is -2.70. The standard InChI is InChI=1S/C24H32N6O5/c1-17(26-24(35)28-12-5-2-6-13-28)23(34)27-30(16-20(25)31)22(33)10-9-21(32)29-14-11-18-7-3-4-8-19(18)15-29/h3-4,7-10,17H,2,5-6,11-16H2,1H3,(H2,25,31)(H,26,35)(H,27,34)/b10-9+/t17-/m0/s1. The van der Waals surface area contributed by atoms with Crippen LogP contribution in [0, 0.1) is 0 Å². The van der Waals surface area contributed by atoms with E-state index in [9.17, 15) is 24.0 Å². The van der Waals surface area contributed by atoms with Crippen molar-refractivity contribution >= 4 is 29.7 Å². The van der Waals surface area contributed by atoms with Crippen LogP contribution >= 0.6 is 0 Å². The third-order valence-electron chi connectivity index (χ3n) is 6.01. The minimum absolute atomic E-state index is 0.361. The number of nitrogens with zero attached hydrogens (tertiary/aromatic N) is 3. The molecule has 1 aromatic carbocycles. The molecule has 0 aliphatic carbocycles.